The third-order valence-electron chi connectivity index (χ3n) is 2.77. The molecule has 1 heterocycles. The van der Waals surface area contributed by atoms with Crippen molar-refractivity contribution >= 4 is 17.3 Å². The van der Waals surface area contributed by atoms with E-state index in [1.165, 1.54) is 12.1 Å². The van der Waals surface area contributed by atoms with Crippen LogP contribution in [0.4, 0.5) is 0 Å². The highest BCUT2D eigenvalue weighted by Gasteiger charge is 2.18. The molecule has 1 aromatic rings. The number of benzene rings is 1. The number of nitrogens with zero attached hydrogens (tertiary/aromatic N) is 1. The molecule has 0 amide bonds. The second kappa shape index (κ2) is 5.70. The van der Waals surface area contributed by atoms with Crippen molar-refractivity contribution in [3.8, 4) is 11.8 Å². The molecule has 0 aliphatic carbocycles. The SMILES string of the molecule is C=CC[N+]1=C(C#Cc2ccc(Cl)cc2)CCC1. The minimum atomic E-state index is 0.748. The molecule has 0 unspecified atom stereocenters. The predicted octanol–water partition coefficient (Wildman–Crippen LogP) is 3.12. The molecule has 0 aromatic heterocycles. The number of hydrogen-bond donors (Lipinski definition) is 0. The molecule has 1 aromatic carbocycles. The molecule has 0 radical (unpaired) electrons. The Hall–Kier alpha value is -1.52. The molecule has 0 saturated carbocycles. The number of halogens is 1. The topological polar surface area (TPSA) is 3.01 Å². The van der Waals surface area contributed by atoms with Gasteiger partial charge in [-0.2, -0.15) is 0 Å². The maximum absolute atomic E-state index is 5.83. The summed E-state index contributed by atoms with van der Waals surface area (Å²) < 4.78 is 2.29. The largest absolute Gasteiger partial charge is 0.228 e. The van der Waals surface area contributed by atoms with Crippen LogP contribution in [0.2, 0.25) is 5.02 Å². The van der Waals surface area contributed by atoms with Crippen LogP contribution in [0.25, 0.3) is 0 Å². The summed E-state index contributed by atoms with van der Waals surface area (Å²) in [4.78, 5) is 0. The highest BCUT2D eigenvalue weighted by molar-refractivity contribution is 6.30. The van der Waals surface area contributed by atoms with Gasteiger partial charge in [-0.1, -0.05) is 24.1 Å². The lowest BCUT2D eigenvalue weighted by molar-refractivity contribution is -0.508. The molecule has 2 rings (SSSR count). The minimum absolute atomic E-state index is 0.748. The first-order chi connectivity index (χ1) is 8.29. The van der Waals surface area contributed by atoms with Gasteiger partial charge in [0, 0.05) is 29.3 Å². The zero-order valence-electron chi connectivity index (χ0n) is 9.75. The molecule has 0 saturated heterocycles. The maximum Gasteiger partial charge on any atom is 0.228 e. The van der Waals surface area contributed by atoms with Gasteiger partial charge in [0.1, 0.15) is 6.54 Å². The molecule has 0 bridgehead atoms. The van der Waals surface area contributed by atoms with E-state index in [1.807, 2.05) is 30.3 Å². The first-order valence-electron chi connectivity index (χ1n) is 5.79. The van der Waals surface area contributed by atoms with E-state index in [0.717, 1.165) is 30.1 Å². The molecular formula is C15H15ClN+. The molecule has 1 aliphatic heterocycles. The van der Waals surface area contributed by atoms with E-state index in [0.29, 0.717) is 0 Å². The third kappa shape index (κ3) is 3.22. The fraction of sp³-hybridized carbons (Fsp3) is 0.267. The van der Waals surface area contributed by atoms with Gasteiger partial charge in [0.05, 0.1) is 0 Å². The second-order valence-electron chi connectivity index (χ2n) is 4.04. The average molecular weight is 245 g/mol. The summed E-state index contributed by atoms with van der Waals surface area (Å²) in [5.41, 5.74) is 2.23. The first kappa shape index (κ1) is 12.0. The Balaban J connectivity index is 2.18. The lowest BCUT2D eigenvalue weighted by Crippen LogP contribution is -2.13. The Morgan fingerprint density at radius 2 is 2.06 bits per heavy atom. The molecule has 86 valence electrons. The standard InChI is InChI=1S/C15H15ClN/c1-2-11-17-12-3-4-15(17)10-7-13-5-8-14(16)9-6-13/h2,5-6,8-9H,1,3-4,11-12H2/q+1. The van der Waals surface area contributed by atoms with Crippen LogP contribution in [0.5, 0.6) is 0 Å². The quantitative estimate of drug-likeness (QED) is 0.427. The van der Waals surface area contributed by atoms with Crippen molar-refractivity contribution in [3.05, 3.63) is 47.5 Å². The summed E-state index contributed by atoms with van der Waals surface area (Å²) in [5.74, 6) is 6.43. The van der Waals surface area contributed by atoms with Crippen LogP contribution in [0.1, 0.15) is 18.4 Å². The van der Waals surface area contributed by atoms with E-state index in [1.54, 1.807) is 0 Å². The van der Waals surface area contributed by atoms with Crippen LogP contribution < -0.4 is 0 Å². The third-order valence-corrected chi connectivity index (χ3v) is 3.02. The summed E-state index contributed by atoms with van der Waals surface area (Å²) in [6, 6.07) is 7.63. The monoisotopic (exact) mass is 244 g/mol. The van der Waals surface area contributed by atoms with Crippen LogP contribution in [0.3, 0.4) is 0 Å². The fourth-order valence-corrected chi connectivity index (χ4v) is 2.03. The smallest absolute Gasteiger partial charge is 0.223 e. The molecule has 1 nitrogen and oxygen atoms in total. The van der Waals surface area contributed by atoms with Crippen molar-refractivity contribution < 1.29 is 4.58 Å². The maximum atomic E-state index is 5.83. The Morgan fingerprint density at radius 1 is 1.29 bits per heavy atom. The van der Waals surface area contributed by atoms with Crippen molar-refractivity contribution in [1.29, 1.82) is 0 Å². The van der Waals surface area contributed by atoms with Crippen molar-refractivity contribution in [2.75, 3.05) is 13.1 Å². The first-order valence-corrected chi connectivity index (χ1v) is 6.16. The molecule has 0 atom stereocenters. The van der Waals surface area contributed by atoms with Crippen molar-refractivity contribution in [2.45, 2.75) is 12.8 Å². The summed E-state index contributed by atoms with van der Waals surface area (Å²) in [5, 5.41) is 0.748. The second-order valence-corrected chi connectivity index (χ2v) is 4.48. The van der Waals surface area contributed by atoms with Gasteiger partial charge in [0.2, 0.25) is 5.71 Å². The molecule has 1 aliphatic rings. The Labute approximate surface area is 107 Å². The number of rotatable bonds is 2. The lowest BCUT2D eigenvalue weighted by Gasteiger charge is -1.93. The van der Waals surface area contributed by atoms with Crippen molar-refractivity contribution in [2.24, 2.45) is 0 Å². The summed E-state index contributed by atoms with van der Waals surface area (Å²) in [6.45, 7) is 5.76. The van der Waals surface area contributed by atoms with E-state index in [2.05, 4.69) is 23.0 Å². The molecule has 0 spiro atoms. The summed E-state index contributed by atoms with van der Waals surface area (Å²) in [6.07, 6.45) is 4.20. The normalized spacial score (nSPS) is 14.4. The number of hydrogen-bond acceptors (Lipinski definition) is 0. The van der Waals surface area contributed by atoms with Gasteiger partial charge < -0.3 is 0 Å². The van der Waals surface area contributed by atoms with Gasteiger partial charge in [-0.05, 0) is 30.3 Å². The van der Waals surface area contributed by atoms with Gasteiger partial charge in [-0.3, -0.25) is 0 Å². The van der Waals surface area contributed by atoms with E-state index in [4.69, 9.17) is 11.6 Å². The van der Waals surface area contributed by atoms with E-state index < -0.39 is 0 Å². The van der Waals surface area contributed by atoms with Gasteiger partial charge >= 0.3 is 0 Å². The van der Waals surface area contributed by atoms with Gasteiger partial charge in [-0.15, -0.1) is 0 Å². The molecule has 17 heavy (non-hydrogen) atoms. The summed E-state index contributed by atoms with van der Waals surface area (Å²) in [7, 11) is 0. The van der Waals surface area contributed by atoms with Crippen molar-refractivity contribution in [3.63, 3.8) is 0 Å². The van der Waals surface area contributed by atoms with Crippen LogP contribution in [0.15, 0.2) is 36.9 Å². The van der Waals surface area contributed by atoms with Crippen LogP contribution >= 0.6 is 11.6 Å². The van der Waals surface area contributed by atoms with E-state index in [-0.39, 0.29) is 0 Å². The minimum Gasteiger partial charge on any atom is -0.223 e. The Bertz CT molecular complexity index is 500. The highest BCUT2D eigenvalue weighted by atomic mass is 35.5. The van der Waals surface area contributed by atoms with Gasteiger partial charge in [0.15, 0.2) is 6.54 Å². The predicted molar refractivity (Wildman–Crippen MR) is 72.8 cm³/mol. The lowest BCUT2D eigenvalue weighted by atomic mass is 10.2. The van der Waals surface area contributed by atoms with Gasteiger partial charge in [-0.25, -0.2) is 4.58 Å². The Kier molecular flexibility index (Phi) is 4.01. The zero-order valence-corrected chi connectivity index (χ0v) is 10.5. The van der Waals surface area contributed by atoms with Gasteiger partial charge in [0.25, 0.3) is 0 Å². The van der Waals surface area contributed by atoms with Crippen LogP contribution in [-0.4, -0.2) is 23.4 Å². The van der Waals surface area contributed by atoms with Crippen molar-refractivity contribution in [1.82, 2.24) is 0 Å². The molecular weight excluding hydrogens is 230 g/mol. The Morgan fingerprint density at radius 3 is 2.76 bits per heavy atom. The van der Waals surface area contributed by atoms with E-state index in [9.17, 15) is 0 Å². The van der Waals surface area contributed by atoms with Crippen LogP contribution in [0, 0.1) is 11.8 Å². The average Bonchev–Trinajstić information content (AvgIpc) is 2.77. The van der Waals surface area contributed by atoms with Crippen LogP contribution in [-0.2, 0) is 0 Å². The molecule has 2 heteroatoms. The molecule has 0 N–H and O–H groups in total. The molecule has 0 fully saturated rings. The zero-order chi connectivity index (χ0) is 12.1. The van der Waals surface area contributed by atoms with E-state index >= 15 is 0 Å². The fourth-order valence-electron chi connectivity index (χ4n) is 1.91. The highest BCUT2D eigenvalue weighted by Crippen LogP contribution is 2.09. The summed E-state index contributed by atoms with van der Waals surface area (Å²) >= 11 is 5.83.